The molecule has 6 nitrogen and oxygen atoms in total. The minimum absolute atomic E-state index is 0.0738. The first-order valence-electron chi connectivity index (χ1n) is 4.57. The quantitative estimate of drug-likeness (QED) is 0.663. The Labute approximate surface area is 89.2 Å². The maximum absolute atomic E-state index is 11.5. The third-order valence-electron chi connectivity index (χ3n) is 1.67. The van der Waals surface area contributed by atoms with Crippen molar-refractivity contribution in [1.82, 2.24) is 15.5 Å². The lowest BCUT2D eigenvalue weighted by molar-refractivity contribution is 0.596. The Morgan fingerprint density at radius 3 is 2.87 bits per heavy atom. The first-order chi connectivity index (χ1) is 7.14. The maximum Gasteiger partial charge on any atom is 0.233 e. The molecule has 7 heteroatoms. The summed E-state index contributed by atoms with van der Waals surface area (Å²) < 4.78 is 25.3. The zero-order chi connectivity index (χ0) is 11.1. The van der Waals surface area contributed by atoms with E-state index in [2.05, 4.69) is 20.2 Å². The van der Waals surface area contributed by atoms with Gasteiger partial charge in [-0.1, -0.05) is 0 Å². The molecule has 2 N–H and O–H groups in total. The van der Waals surface area contributed by atoms with E-state index in [1.54, 1.807) is 19.2 Å². The molecular formula is C8H14N4O2S. The molecule has 1 aromatic heterocycles. The van der Waals surface area contributed by atoms with E-state index in [0.717, 1.165) is 0 Å². The number of nitrogens with one attached hydrogen (secondary N) is 2. The highest BCUT2D eigenvalue weighted by molar-refractivity contribution is 7.92. The predicted molar refractivity (Wildman–Crippen MR) is 58.0 cm³/mol. The molecule has 84 valence electrons. The Hall–Kier alpha value is -1.21. The fourth-order valence-electron chi connectivity index (χ4n) is 1.01. The molecule has 0 bridgehead atoms. The van der Waals surface area contributed by atoms with Gasteiger partial charge in [0.1, 0.15) is 0 Å². The zero-order valence-corrected chi connectivity index (χ0v) is 9.29. The first kappa shape index (κ1) is 11.9. The van der Waals surface area contributed by atoms with Gasteiger partial charge < -0.3 is 5.32 Å². The van der Waals surface area contributed by atoms with Crippen LogP contribution in [0, 0.1) is 0 Å². The van der Waals surface area contributed by atoms with Gasteiger partial charge in [-0.25, -0.2) is 8.42 Å². The van der Waals surface area contributed by atoms with E-state index in [4.69, 9.17) is 0 Å². The summed E-state index contributed by atoms with van der Waals surface area (Å²) in [5, 5.41) is 10.1. The molecule has 0 atom stereocenters. The molecule has 0 aliphatic heterocycles. The predicted octanol–water partition coefficient (Wildman–Crippen LogP) is -0.172. The summed E-state index contributed by atoms with van der Waals surface area (Å²) in [5.74, 6) is 0.326. The van der Waals surface area contributed by atoms with Crippen LogP contribution >= 0.6 is 0 Å². The Balaban J connectivity index is 2.50. The molecule has 0 aromatic carbocycles. The second-order valence-corrected chi connectivity index (χ2v) is 4.83. The van der Waals surface area contributed by atoms with Gasteiger partial charge >= 0.3 is 0 Å². The highest BCUT2D eigenvalue weighted by Gasteiger charge is 2.10. The van der Waals surface area contributed by atoms with Crippen molar-refractivity contribution in [2.45, 2.75) is 6.42 Å². The zero-order valence-electron chi connectivity index (χ0n) is 8.47. The topological polar surface area (TPSA) is 84.0 Å². The summed E-state index contributed by atoms with van der Waals surface area (Å²) in [5.41, 5.74) is 0. The SMILES string of the molecule is CNCCCS(=O)(=O)Nc1cccnn1. The molecule has 15 heavy (non-hydrogen) atoms. The van der Waals surface area contributed by atoms with Crippen molar-refractivity contribution in [3.05, 3.63) is 18.3 Å². The fraction of sp³-hybridized carbons (Fsp3) is 0.500. The van der Waals surface area contributed by atoms with E-state index in [0.29, 0.717) is 13.0 Å². The minimum Gasteiger partial charge on any atom is -0.320 e. The van der Waals surface area contributed by atoms with Gasteiger partial charge in [0.15, 0.2) is 5.82 Å². The first-order valence-corrected chi connectivity index (χ1v) is 6.22. The molecule has 1 rings (SSSR count). The van der Waals surface area contributed by atoms with Crippen LogP contribution in [0.15, 0.2) is 18.3 Å². The average Bonchev–Trinajstić information content (AvgIpc) is 2.18. The second kappa shape index (κ2) is 5.62. The van der Waals surface area contributed by atoms with Gasteiger partial charge in [-0.3, -0.25) is 4.72 Å². The smallest absolute Gasteiger partial charge is 0.233 e. The van der Waals surface area contributed by atoms with Crippen molar-refractivity contribution in [2.75, 3.05) is 24.1 Å². The molecular weight excluding hydrogens is 216 g/mol. The monoisotopic (exact) mass is 230 g/mol. The van der Waals surface area contributed by atoms with Crippen molar-refractivity contribution in [3.8, 4) is 0 Å². The number of sulfonamides is 1. The number of aromatic nitrogens is 2. The van der Waals surface area contributed by atoms with Crippen LogP contribution in [0.4, 0.5) is 5.82 Å². The highest BCUT2D eigenvalue weighted by Crippen LogP contribution is 2.02. The van der Waals surface area contributed by atoms with Gasteiger partial charge in [-0.15, -0.1) is 5.10 Å². The molecule has 0 saturated carbocycles. The van der Waals surface area contributed by atoms with Gasteiger partial charge in [-0.2, -0.15) is 5.10 Å². The Morgan fingerprint density at radius 1 is 1.47 bits per heavy atom. The summed E-state index contributed by atoms with van der Waals surface area (Å²) in [7, 11) is -1.52. The van der Waals surface area contributed by atoms with Crippen LogP contribution in [0.1, 0.15) is 6.42 Å². The van der Waals surface area contributed by atoms with E-state index in [-0.39, 0.29) is 11.6 Å². The molecule has 0 fully saturated rings. The van der Waals surface area contributed by atoms with Crippen LogP contribution in [0.5, 0.6) is 0 Å². The van der Waals surface area contributed by atoms with Crippen molar-refractivity contribution in [2.24, 2.45) is 0 Å². The molecule has 0 unspecified atom stereocenters. The van der Waals surface area contributed by atoms with Gasteiger partial charge in [0.25, 0.3) is 0 Å². The number of nitrogens with zero attached hydrogens (tertiary/aromatic N) is 2. The molecule has 0 amide bonds. The molecule has 0 aliphatic rings. The Morgan fingerprint density at radius 2 is 2.27 bits per heavy atom. The van der Waals surface area contributed by atoms with Crippen molar-refractivity contribution >= 4 is 15.8 Å². The minimum atomic E-state index is -3.30. The van der Waals surface area contributed by atoms with E-state index < -0.39 is 10.0 Å². The van der Waals surface area contributed by atoms with Crippen LogP contribution < -0.4 is 10.0 Å². The lowest BCUT2D eigenvalue weighted by atomic mass is 10.5. The molecule has 1 heterocycles. The summed E-state index contributed by atoms with van der Waals surface area (Å²) in [6.45, 7) is 0.668. The second-order valence-electron chi connectivity index (χ2n) is 2.99. The van der Waals surface area contributed by atoms with E-state index in [1.807, 2.05) is 0 Å². The number of anilines is 1. The Kier molecular flexibility index (Phi) is 4.44. The van der Waals surface area contributed by atoms with Crippen LogP contribution in [0.25, 0.3) is 0 Å². The summed E-state index contributed by atoms with van der Waals surface area (Å²) in [6.07, 6.45) is 2.05. The third-order valence-corrected chi connectivity index (χ3v) is 3.02. The van der Waals surface area contributed by atoms with Crippen LogP contribution in [-0.4, -0.2) is 38.0 Å². The Bertz CT molecular complexity index is 379. The van der Waals surface area contributed by atoms with Gasteiger partial charge in [-0.05, 0) is 32.1 Å². The van der Waals surface area contributed by atoms with Crippen molar-refractivity contribution in [3.63, 3.8) is 0 Å². The van der Waals surface area contributed by atoms with Crippen LogP contribution in [0.2, 0.25) is 0 Å². The largest absolute Gasteiger partial charge is 0.320 e. The fourth-order valence-corrected chi connectivity index (χ4v) is 2.06. The normalized spacial score (nSPS) is 11.3. The van der Waals surface area contributed by atoms with Gasteiger partial charge in [0.2, 0.25) is 10.0 Å². The molecule has 0 spiro atoms. The van der Waals surface area contributed by atoms with E-state index in [1.165, 1.54) is 6.20 Å². The van der Waals surface area contributed by atoms with Gasteiger partial charge in [0, 0.05) is 6.20 Å². The molecule has 0 saturated heterocycles. The standard InChI is InChI=1S/C8H14N4O2S/c1-9-5-3-7-15(13,14)12-8-4-2-6-10-11-8/h2,4,6,9H,3,5,7H2,1H3,(H,11,12). The average molecular weight is 230 g/mol. The third kappa shape index (κ3) is 4.71. The molecule has 1 aromatic rings. The lowest BCUT2D eigenvalue weighted by Gasteiger charge is -2.05. The van der Waals surface area contributed by atoms with Gasteiger partial charge in [0.05, 0.1) is 5.75 Å². The van der Waals surface area contributed by atoms with Crippen LogP contribution in [-0.2, 0) is 10.0 Å². The lowest BCUT2D eigenvalue weighted by Crippen LogP contribution is -2.20. The van der Waals surface area contributed by atoms with Crippen molar-refractivity contribution < 1.29 is 8.42 Å². The molecule has 0 aliphatic carbocycles. The van der Waals surface area contributed by atoms with E-state index in [9.17, 15) is 8.42 Å². The highest BCUT2D eigenvalue weighted by atomic mass is 32.2. The van der Waals surface area contributed by atoms with E-state index >= 15 is 0 Å². The summed E-state index contributed by atoms with van der Waals surface area (Å²) >= 11 is 0. The summed E-state index contributed by atoms with van der Waals surface area (Å²) in [4.78, 5) is 0. The number of hydrogen-bond donors (Lipinski definition) is 2. The maximum atomic E-state index is 11.5. The summed E-state index contributed by atoms with van der Waals surface area (Å²) in [6, 6.07) is 3.18. The molecule has 0 radical (unpaired) electrons. The number of hydrogen-bond acceptors (Lipinski definition) is 5. The van der Waals surface area contributed by atoms with Crippen LogP contribution in [0.3, 0.4) is 0 Å². The number of rotatable bonds is 6. The van der Waals surface area contributed by atoms with Crippen molar-refractivity contribution in [1.29, 1.82) is 0 Å².